The molecule has 1 saturated carbocycles. The van der Waals surface area contributed by atoms with E-state index in [2.05, 4.69) is 79.4 Å². The minimum Gasteiger partial charge on any atom is -0.368 e. The maximum atomic E-state index is 6.29. The number of aromatic nitrogens is 5. The van der Waals surface area contributed by atoms with Gasteiger partial charge in [-0.05, 0) is 111 Å². The number of aryl methyl sites for hydroxylation is 4. The first kappa shape index (κ1) is 23.3. The van der Waals surface area contributed by atoms with Crippen molar-refractivity contribution in [1.29, 1.82) is 0 Å². The van der Waals surface area contributed by atoms with E-state index in [1.165, 1.54) is 60.0 Å². The maximum absolute atomic E-state index is 6.29. The molecule has 1 unspecified atom stereocenters. The molecule has 4 N–H and O–H groups in total. The highest BCUT2D eigenvalue weighted by atomic mass is 15.4. The van der Waals surface area contributed by atoms with E-state index in [9.17, 15) is 0 Å². The van der Waals surface area contributed by atoms with Gasteiger partial charge >= 0.3 is 0 Å². The van der Waals surface area contributed by atoms with Crippen molar-refractivity contribution in [3.05, 3.63) is 70.8 Å². The molecule has 0 radical (unpaired) electrons. The molecular formula is C30H34N8. The first-order valence-electron chi connectivity index (χ1n) is 14.0. The summed E-state index contributed by atoms with van der Waals surface area (Å²) in [6.07, 6.45) is 10.5. The molecule has 38 heavy (non-hydrogen) atoms. The minimum absolute atomic E-state index is 0.287. The van der Waals surface area contributed by atoms with Crippen molar-refractivity contribution in [3.8, 4) is 17.1 Å². The molecule has 3 aliphatic carbocycles. The average molecular weight is 507 g/mol. The third-order valence-electron chi connectivity index (χ3n) is 8.25. The fourth-order valence-corrected chi connectivity index (χ4v) is 5.90. The standard InChI is InChI=1S/C30H34N8/c31-29-34-30(33-25-15-11-20-10-13-24(14-12-22(20)16-25)32-18-19-8-9-19)37-38(29)27-17-23-6-3-5-21-4-1-2-7-26(21)28(23)36-35-27/h1-2,4,7,11,15-17,19,24,32H,3,5-6,8-10,12-14,18H2,(H3,31,33,34,37). The Morgan fingerprint density at radius 2 is 1.68 bits per heavy atom. The van der Waals surface area contributed by atoms with Gasteiger partial charge in [0.2, 0.25) is 11.9 Å². The quantitative estimate of drug-likeness (QED) is 0.323. The lowest BCUT2D eigenvalue weighted by molar-refractivity contribution is 0.453. The molecule has 2 aromatic carbocycles. The number of rotatable bonds is 6. The lowest BCUT2D eigenvalue weighted by Gasteiger charge is -2.15. The van der Waals surface area contributed by atoms with Crippen LogP contribution in [0.1, 0.15) is 54.4 Å². The van der Waals surface area contributed by atoms with E-state index in [4.69, 9.17) is 5.73 Å². The van der Waals surface area contributed by atoms with Gasteiger partial charge in [0.05, 0.1) is 5.69 Å². The van der Waals surface area contributed by atoms with Gasteiger partial charge in [0.1, 0.15) is 0 Å². The number of fused-ring (bicyclic) bond motifs is 4. The van der Waals surface area contributed by atoms with E-state index >= 15 is 0 Å². The van der Waals surface area contributed by atoms with Gasteiger partial charge < -0.3 is 16.4 Å². The van der Waals surface area contributed by atoms with Crippen LogP contribution in [0.15, 0.2) is 48.5 Å². The lowest BCUT2D eigenvalue weighted by Crippen LogP contribution is -2.31. The van der Waals surface area contributed by atoms with Crippen molar-refractivity contribution in [2.45, 2.75) is 63.8 Å². The van der Waals surface area contributed by atoms with E-state index in [1.54, 1.807) is 4.68 Å². The summed E-state index contributed by atoms with van der Waals surface area (Å²) in [7, 11) is 0. The van der Waals surface area contributed by atoms with Crippen molar-refractivity contribution < 1.29 is 0 Å². The van der Waals surface area contributed by atoms with Crippen LogP contribution in [-0.4, -0.2) is 37.5 Å². The molecule has 0 amide bonds. The zero-order valence-corrected chi connectivity index (χ0v) is 21.7. The number of nitrogens with zero attached hydrogens (tertiary/aromatic N) is 5. The van der Waals surface area contributed by atoms with E-state index < -0.39 is 0 Å². The van der Waals surface area contributed by atoms with Crippen LogP contribution in [0, 0.1) is 5.92 Å². The molecule has 2 aromatic heterocycles. The molecule has 194 valence electrons. The zero-order valence-electron chi connectivity index (χ0n) is 21.7. The van der Waals surface area contributed by atoms with E-state index in [1.807, 2.05) is 0 Å². The van der Waals surface area contributed by atoms with E-state index in [-0.39, 0.29) is 5.95 Å². The summed E-state index contributed by atoms with van der Waals surface area (Å²) in [5.74, 6) is 2.26. The number of nitrogen functional groups attached to an aromatic ring is 1. The highest BCUT2D eigenvalue weighted by molar-refractivity contribution is 5.68. The van der Waals surface area contributed by atoms with Crippen molar-refractivity contribution in [3.63, 3.8) is 0 Å². The van der Waals surface area contributed by atoms with Crippen LogP contribution < -0.4 is 16.4 Å². The number of benzene rings is 2. The minimum atomic E-state index is 0.287. The Bertz CT molecular complexity index is 1470. The van der Waals surface area contributed by atoms with Crippen molar-refractivity contribution in [2.75, 3.05) is 17.6 Å². The zero-order chi connectivity index (χ0) is 25.5. The number of nitrogens with two attached hydrogens (primary N) is 1. The number of hydrogen-bond donors (Lipinski definition) is 3. The molecule has 3 aliphatic rings. The topological polar surface area (TPSA) is 107 Å². The molecule has 1 fully saturated rings. The Kier molecular flexibility index (Phi) is 6.04. The molecule has 1 atom stereocenters. The predicted molar refractivity (Wildman–Crippen MR) is 150 cm³/mol. The first-order valence-corrected chi connectivity index (χ1v) is 14.0. The van der Waals surface area contributed by atoms with Gasteiger partial charge in [-0.3, -0.25) is 0 Å². The largest absolute Gasteiger partial charge is 0.368 e. The summed E-state index contributed by atoms with van der Waals surface area (Å²) in [6, 6.07) is 17.7. The van der Waals surface area contributed by atoms with Crippen LogP contribution in [-0.2, 0) is 25.7 Å². The second-order valence-corrected chi connectivity index (χ2v) is 11.0. The summed E-state index contributed by atoms with van der Waals surface area (Å²) < 4.78 is 1.58. The molecule has 0 saturated heterocycles. The van der Waals surface area contributed by atoms with Crippen LogP contribution in [0.5, 0.6) is 0 Å². The Balaban J connectivity index is 1.08. The Morgan fingerprint density at radius 1 is 0.842 bits per heavy atom. The van der Waals surface area contributed by atoms with Gasteiger partial charge in [0.25, 0.3) is 0 Å². The van der Waals surface area contributed by atoms with Crippen molar-refractivity contribution >= 4 is 17.6 Å². The fraction of sp³-hybridized carbons (Fsp3) is 0.400. The van der Waals surface area contributed by atoms with Crippen molar-refractivity contribution in [1.82, 2.24) is 30.3 Å². The molecule has 8 heteroatoms. The smallest absolute Gasteiger partial charge is 0.248 e. The molecule has 0 bridgehead atoms. The summed E-state index contributed by atoms with van der Waals surface area (Å²) >= 11 is 0. The molecule has 0 spiro atoms. The van der Waals surface area contributed by atoms with Crippen LogP contribution in [0.25, 0.3) is 17.1 Å². The van der Waals surface area contributed by atoms with Crippen LogP contribution >= 0.6 is 0 Å². The highest BCUT2D eigenvalue weighted by Crippen LogP contribution is 2.32. The first-order chi connectivity index (χ1) is 18.7. The number of anilines is 3. The average Bonchev–Trinajstić information content (AvgIpc) is 3.74. The predicted octanol–water partition coefficient (Wildman–Crippen LogP) is 4.79. The van der Waals surface area contributed by atoms with Crippen LogP contribution in [0.3, 0.4) is 0 Å². The molecule has 4 aromatic rings. The van der Waals surface area contributed by atoms with Crippen LogP contribution in [0.4, 0.5) is 17.6 Å². The molecular weight excluding hydrogens is 472 g/mol. The maximum Gasteiger partial charge on any atom is 0.248 e. The van der Waals surface area contributed by atoms with Gasteiger partial charge in [0, 0.05) is 17.3 Å². The molecule has 0 aliphatic heterocycles. The number of nitrogens with one attached hydrogen (secondary N) is 2. The molecule has 2 heterocycles. The Hall–Kier alpha value is -3.78. The number of hydrogen-bond acceptors (Lipinski definition) is 7. The van der Waals surface area contributed by atoms with Crippen molar-refractivity contribution in [2.24, 2.45) is 5.92 Å². The van der Waals surface area contributed by atoms with Gasteiger partial charge in [-0.1, -0.05) is 30.3 Å². The molecule has 7 rings (SSSR count). The lowest BCUT2D eigenvalue weighted by atomic mass is 10.0. The molecule has 8 nitrogen and oxygen atoms in total. The second-order valence-electron chi connectivity index (χ2n) is 11.0. The summed E-state index contributed by atoms with van der Waals surface area (Å²) in [5, 5.41) is 20.9. The third-order valence-corrected chi connectivity index (χ3v) is 8.25. The van der Waals surface area contributed by atoms with Gasteiger partial charge in [-0.2, -0.15) is 9.67 Å². The normalized spacial score (nSPS) is 18.6. The second kappa shape index (κ2) is 9.83. The highest BCUT2D eigenvalue weighted by Gasteiger charge is 2.24. The van der Waals surface area contributed by atoms with E-state index in [0.717, 1.165) is 49.4 Å². The Morgan fingerprint density at radius 3 is 2.58 bits per heavy atom. The third kappa shape index (κ3) is 4.76. The fourth-order valence-electron chi connectivity index (χ4n) is 5.90. The summed E-state index contributed by atoms with van der Waals surface area (Å²) in [4.78, 5) is 4.48. The van der Waals surface area contributed by atoms with E-state index in [0.29, 0.717) is 17.8 Å². The SMILES string of the molecule is Nc1nc(Nc2ccc3c(c2)CCC(NCC2CC2)CC3)nn1-c1cc2c(nn1)-c1ccccc1CCC2. The summed E-state index contributed by atoms with van der Waals surface area (Å²) in [5.41, 5.74) is 14.7. The summed E-state index contributed by atoms with van der Waals surface area (Å²) in [6.45, 7) is 1.19. The van der Waals surface area contributed by atoms with Gasteiger partial charge in [-0.15, -0.1) is 15.3 Å². The van der Waals surface area contributed by atoms with Gasteiger partial charge in [0.15, 0.2) is 5.82 Å². The Labute approximate surface area is 223 Å². The van der Waals surface area contributed by atoms with Crippen LogP contribution in [0.2, 0.25) is 0 Å². The van der Waals surface area contributed by atoms with Gasteiger partial charge in [-0.25, -0.2) is 0 Å². The monoisotopic (exact) mass is 506 g/mol.